The molecule has 0 aromatic rings. The minimum atomic E-state index is -0.201. The molecule has 1 aliphatic rings. The Morgan fingerprint density at radius 1 is 0.818 bits per heavy atom. The van der Waals surface area contributed by atoms with Gasteiger partial charge in [-0.1, -0.05) is 13.2 Å². The Morgan fingerprint density at radius 3 is 1.27 bits per heavy atom. The molecule has 0 unspecified atom stereocenters. The molecule has 0 radical (unpaired) electrons. The first-order valence-electron chi connectivity index (χ1n) is 7.39. The number of hydrogen-bond donors (Lipinski definition) is 0. The second-order valence-electron chi connectivity index (χ2n) is 5.65. The maximum absolute atomic E-state index is 12.0. The van der Waals surface area contributed by atoms with Crippen molar-refractivity contribution in [1.29, 1.82) is 0 Å². The molecule has 0 aromatic heterocycles. The summed E-state index contributed by atoms with van der Waals surface area (Å²) in [4.78, 5) is 34.5. The molecule has 0 aliphatic heterocycles. The van der Waals surface area contributed by atoms with E-state index in [1.165, 1.54) is 24.3 Å². The van der Waals surface area contributed by atoms with E-state index in [1.807, 2.05) is 0 Å². The monoisotopic (exact) mass is 310 g/mol. The molecule has 1 fully saturated rings. The van der Waals surface area contributed by atoms with E-state index >= 15 is 0 Å². The largest absolute Gasteiger partial charge is 0.274 e. The Labute approximate surface area is 132 Å². The number of carbonyl (C=O) groups excluding carboxylic acids is 2. The molecule has 0 spiro atoms. The summed E-state index contributed by atoms with van der Waals surface area (Å²) >= 11 is 0. The summed E-state index contributed by atoms with van der Waals surface area (Å²) in [6, 6.07) is -0.0202. The van der Waals surface area contributed by atoms with E-state index < -0.39 is 0 Å². The van der Waals surface area contributed by atoms with Crippen LogP contribution in [0.25, 0.3) is 0 Å². The van der Waals surface area contributed by atoms with Crippen LogP contribution in [0, 0.1) is 0 Å². The van der Waals surface area contributed by atoms with Crippen LogP contribution in [-0.2, 0) is 19.3 Å². The van der Waals surface area contributed by atoms with E-state index in [4.69, 9.17) is 9.68 Å². The first kappa shape index (κ1) is 18.4. The Balaban J connectivity index is 2.69. The molecule has 0 heterocycles. The molecule has 124 valence electrons. The minimum Gasteiger partial charge on any atom is -0.274 e. The first-order chi connectivity index (χ1) is 10.3. The quantitative estimate of drug-likeness (QED) is 0.557. The van der Waals surface area contributed by atoms with Crippen LogP contribution in [0.2, 0.25) is 0 Å². The molecular weight excluding hydrogens is 284 g/mol. The smallest absolute Gasteiger partial charge is 0.272 e. The van der Waals surface area contributed by atoms with Crippen LogP contribution in [0.15, 0.2) is 24.3 Å². The van der Waals surface area contributed by atoms with Gasteiger partial charge in [0.15, 0.2) is 0 Å². The van der Waals surface area contributed by atoms with Crippen LogP contribution in [-0.4, -0.2) is 48.2 Å². The third kappa shape index (κ3) is 4.18. The lowest BCUT2D eigenvalue weighted by molar-refractivity contribution is -0.200. The molecule has 1 saturated carbocycles. The SMILES string of the molecule is C=C(C)C(=O)N(OC)C1CCC(N(OC)C(=O)C(=C)C)CC1. The van der Waals surface area contributed by atoms with Crippen molar-refractivity contribution < 1.29 is 19.3 Å². The molecule has 6 heteroatoms. The number of nitrogens with zero attached hydrogens (tertiary/aromatic N) is 2. The summed E-state index contributed by atoms with van der Waals surface area (Å²) in [6.45, 7) is 10.7. The van der Waals surface area contributed by atoms with Crippen LogP contribution in [0.4, 0.5) is 0 Å². The third-order valence-electron chi connectivity index (χ3n) is 3.85. The van der Waals surface area contributed by atoms with Gasteiger partial charge in [-0.25, -0.2) is 10.1 Å². The minimum absolute atomic E-state index is 0.0101. The van der Waals surface area contributed by atoms with E-state index in [-0.39, 0.29) is 23.9 Å². The molecule has 0 saturated heterocycles. The summed E-state index contributed by atoms with van der Waals surface area (Å²) in [5, 5.41) is 2.77. The lowest BCUT2D eigenvalue weighted by Gasteiger charge is -2.38. The molecule has 0 aromatic carbocycles. The molecule has 1 aliphatic carbocycles. The van der Waals surface area contributed by atoms with Crippen molar-refractivity contribution in [2.45, 2.75) is 51.6 Å². The summed E-state index contributed by atoms with van der Waals surface area (Å²) in [5.41, 5.74) is 0.889. The lowest BCUT2D eigenvalue weighted by atomic mass is 9.90. The fraction of sp³-hybridized carbons (Fsp3) is 0.625. The van der Waals surface area contributed by atoms with Crippen LogP contribution < -0.4 is 0 Å². The fourth-order valence-electron chi connectivity index (χ4n) is 2.70. The highest BCUT2D eigenvalue weighted by molar-refractivity contribution is 5.92. The maximum Gasteiger partial charge on any atom is 0.272 e. The first-order valence-corrected chi connectivity index (χ1v) is 7.39. The number of hydrogen-bond acceptors (Lipinski definition) is 4. The average Bonchev–Trinajstić information content (AvgIpc) is 2.49. The van der Waals surface area contributed by atoms with Crippen LogP contribution in [0.1, 0.15) is 39.5 Å². The fourth-order valence-corrected chi connectivity index (χ4v) is 2.70. The van der Waals surface area contributed by atoms with Crippen molar-refractivity contribution in [3.8, 4) is 0 Å². The van der Waals surface area contributed by atoms with Gasteiger partial charge in [-0.3, -0.25) is 19.3 Å². The van der Waals surface area contributed by atoms with Gasteiger partial charge < -0.3 is 0 Å². The number of rotatable bonds is 6. The predicted molar refractivity (Wildman–Crippen MR) is 83.4 cm³/mol. The van der Waals surface area contributed by atoms with Crippen molar-refractivity contribution in [3.05, 3.63) is 24.3 Å². The highest BCUT2D eigenvalue weighted by Crippen LogP contribution is 2.28. The molecule has 6 nitrogen and oxygen atoms in total. The van der Waals surface area contributed by atoms with Crippen LogP contribution >= 0.6 is 0 Å². The second kappa shape index (κ2) is 8.10. The summed E-state index contributed by atoms with van der Waals surface area (Å²) < 4.78 is 0. The van der Waals surface area contributed by atoms with Crippen LogP contribution in [0.3, 0.4) is 0 Å². The second-order valence-corrected chi connectivity index (χ2v) is 5.65. The normalized spacial score (nSPS) is 21.1. The van der Waals surface area contributed by atoms with E-state index in [0.29, 0.717) is 11.1 Å². The predicted octanol–water partition coefficient (Wildman–Crippen LogP) is 2.23. The van der Waals surface area contributed by atoms with Crippen molar-refractivity contribution in [2.75, 3.05) is 14.2 Å². The molecule has 1 rings (SSSR count). The molecule has 2 amide bonds. The lowest BCUT2D eigenvalue weighted by Crippen LogP contribution is -2.47. The standard InChI is InChI=1S/C16H26N2O4/c1-11(2)15(19)17(21-5)13-7-9-14(10-8-13)18(22-6)16(20)12(3)4/h13-14H,1,3,7-10H2,2,4-6H3. The van der Waals surface area contributed by atoms with Gasteiger partial charge in [0.2, 0.25) is 0 Å². The topological polar surface area (TPSA) is 59.1 Å². The summed E-state index contributed by atoms with van der Waals surface area (Å²) in [5.74, 6) is -0.403. The third-order valence-corrected chi connectivity index (χ3v) is 3.85. The summed E-state index contributed by atoms with van der Waals surface area (Å²) in [6.07, 6.45) is 2.95. The molecule has 22 heavy (non-hydrogen) atoms. The van der Waals surface area contributed by atoms with Gasteiger partial charge in [-0.2, -0.15) is 0 Å². The molecule has 0 atom stereocenters. The highest BCUT2D eigenvalue weighted by Gasteiger charge is 2.33. The number of amides is 2. The molecular formula is C16H26N2O4. The zero-order chi connectivity index (χ0) is 16.9. The van der Waals surface area contributed by atoms with Gasteiger partial charge in [0, 0.05) is 11.1 Å². The van der Waals surface area contributed by atoms with Crippen molar-refractivity contribution in [1.82, 2.24) is 10.1 Å². The van der Waals surface area contributed by atoms with Gasteiger partial charge in [0.1, 0.15) is 0 Å². The van der Waals surface area contributed by atoms with E-state index in [1.54, 1.807) is 13.8 Å². The van der Waals surface area contributed by atoms with Gasteiger partial charge in [-0.05, 0) is 39.5 Å². The van der Waals surface area contributed by atoms with Gasteiger partial charge in [0.25, 0.3) is 11.8 Å². The van der Waals surface area contributed by atoms with Crippen molar-refractivity contribution in [3.63, 3.8) is 0 Å². The Kier molecular flexibility index (Phi) is 6.77. The van der Waals surface area contributed by atoms with Crippen molar-refractivity contribution in [2.24, 2.45) is 0 Å². The number of carbonyl (C=O) groups is 2. The maximum atomic E-state index is 12.0. The van der Waals surface area contributed by atoms with E-state index in [0.717, 1.165) is 25.7 Å². The average molecular weight is 310 g/mol. The molecule has 0 bridgehead atoms. The summed E-state index contributed by atoms with van der Waals surface area (Å²) in [7, 11) is 2.97. The van der Waals surface area contributed by atoms with Gasteiger partial charge >= 0.3 is 0 Å². The van der Waals surface area contributed by atoms with Gasteiger partial charge in [0.05, 0.1) is 26.3 Å². The molecule has 0 N–H and O–H groups in total. The zero-order valence-electron chi connectivity index (χ0n) is 13.9. The van der Waals surface area contributed by atoms with Crippen molar-refractivity contribution >= 4 is 11.8 Å². The number of hydroxylamine groups is 4. The Hall–Kier alpha value is -1.66. The van der Waals surface area contributed by atoms with E-state index in [9.17, 15) is 9.59 Å². The highest BCUT2D eigenvalue weighted by atomic mass is 16.7. The Bertz CT molecular complexity index is 411. The zero-order valence-corrected chi connectivity index (χ0v) is 13.9. The Morgan fingerprint density at radius 2 is 1.09 bits per heavy atom. The van der Waals surface area contributed by atoms with E-state index in [2.05, 4.69) is 13.2 Å². The van der Waals surface area contributed by atoms with Gasteiger partial charge in [-0.15, -0.1) is 0 Å². The van der Waals surface area contributed by atoms with Crippen LogP contribution in [0.5, 0.6) is 0 Å².